The largest absolute Gasteiger partial charge is 0.394 e. The number of rotatable bonds is 34. The summed E-state index contributed by atoms with van der Waals surface area (Å²) in [5.74, 6) is -0.598. The summed E-state index contributed by atoms with van der Waals surface area (Å²) < 4.78 is 0. The fourth-order valence-corrected chi connectivity index (χ4v) is 5.73. The molecule has 6 heteroatoms. The Kier molecular flexibility index (Phi) is 33.7. The van der Waals surface area contributed by atoms with Gasteiger partial charge in [-0.15, -0.1) is 0 Å². The summed E-state index contributed by atoms with van der Waals surface area (Å²) in [5, 5.41) is 43.4. The molecule has 0 aromatic carbocycles. The van der Waals surface area contributed by atoms with Gasteiger partial charge in [0.1, 0.15) is 12.2 Å². The van der Waals surface area contributed by atoms with Crippen LogP contribution in [0.3, 0.4) is 0 Å². The first-order valence-electron chi connectivity index (χ1n) is 19.4. The van der Waals surface area contributed by atoms with Crippen LogP contribution in [0.4, 0.5) is 0 Å². The Labute approximate surface area is 284 Å². The first-order chi connectivity index (χ1) is 22.5. The van der Waals surface area contributed by atoms with Gasteiger partial charge in [0, 0.05) is 0 Å². The highest BCUT2D eigenvalue weighted by Gasteiger charge is 2.28. The van der Waals surface area contributed by atoms with E-state index in [4.69, 9.17) is 0 Å². The molecule has 0 spiro atoms. The molecule has 0 radical (unpaired) electrons. The monoisotopic (exact) mass is 650 g/mol. The topological polar surface area (TPSA) is 110 Å². The van der Waals surface area contributed by atoms with Crippen LogP contribution in [0.1, 0.15) is 181 Å². The minimum atomic E-state index is -1.28. The third-order valence-corrected chi connectivity index (χ3v) is 8.83. The lowest BCUT2D eigenvalue weighted by atomic mass is 10.00. The smallest absolute Gasteiger partial charge is 0.249 e. The van der Waals surface area contributed by atoms with E-state index in [9.17, 15) is 25.2 Å². The summed E-state index contributed by atoms with van der Waals surface area (Å²) in [5.41, 5.74) is 0. The first-order valence-corrected chi connectivity index (χ1v) is 19.4. The summed E-state index contributed by atoms with van der Waals surface area (Å²) in [6.07, 6.45) is 38.9. The molecule has 5 N–H and O–H groups in total. The van der Waals surface area contributed by atoms with Crippen molar-refractivity contribution in [3.8, 4) is 0 Å². The van der Waals surface area contributed by atoms with Crippen molar-refractivity contribution in [2.24, 2.45) is 0 Å². The summed E-state index contributed by atoms with van der Waals surface area (Å²) in [7, 11) is 0. The lowest BCUT2D eigenvalue weighted by Gasteiger charge is -2.27. The Hall–Kier alpha value is -1.47. The van der Waals surface area contributed by atoms with Gasteiger partial charge in [-0.2, -0.15) is 0 Å². The highest BCUT2D eigenvalue weighted by atomic mass is 16.3. The Morgan fingerprint density at radius 3 is 1.54 bits per heavy atom. The molecule has 0 saturated heterocycles. The summed E-state index contributed by atoms with van der Waals surface area (Å²) >= 11 is 0. The fourth-order valence-electron chi connectivity index (χ4n) is 5.73. The molecule has 0 aliphatic heterocycles. The van der Waals surface area contributed by atoms with Crippen LogP contribution >= 0.6 is 0 Å². The number of aliphatic hydroxyl groups is 4. The van der Waals surface area contributed by atoms with E-state index in [0.717, 1.165) is 51.4 Å². The summed E-state index contributed by atoms with van der Waals surface area (Å²) in [6.45, 7) is 3.89. The van der Waals surface area contributed by atoms with Crippen molar-refractivity contribution in [3.05, 3.63) is 36.5 Å². The van der Waals surface area contributed by atoms with Gasteiger partial charge in [0.25, 0.3) is 0 Å². The number of unbranched alkanes of at least 4 members (excludes halogenated alkanes) is 19. The van der Waals surface area contributed by atoms with Gasteiger partial charge < -0.3 is 25.7 Å². The van der Waals surface area contributed by atoms with E-state index in [2.05, 4.69) is 55.6 Å². The third-order valence-electron chi connectivity index (χ3n) is 8.83. The van der Waals surface area contributed by atoms with Gasteiger partial charge >= 0.3 is 0 Å². The van der Waals surface area contributed by atoms with Gasteiger partial charge in [0.15, 0.2) is 0 Å². The molecule has 0 aromatic heterocycles. The molecular weight excluding hydrogens is 574 g/mol. The zero-order valence-electron chi connectivity index (χ0n) is 30.1. The number of hydrogen-bond acceptors (Lipinski definition) is 5. The van der Waals surface area contributed by atoms with Crippen LogP contribution in [0.25, 0.3) is 0 Å². The molecule has 1 amide bonds. The Morgan fingerprint density at radius 2 is 1.02 bits per heavy atom. The van der Waals surface area contributed by atoms with Crippen molar-refractivity contribution in [1.29, 1.82) is 0 Å². The van der Waals surface area contributed by atoms with Gasteiger partial charge in [-0.25, -0.2) is 0 Å². The van der Waals surface area contributed by atoms with Crippen molar-refractivity contribution >= 4 is 5.91 Å². The van der Waals surface area contributed by atoms with Gasteiger partial charge in [0.05, 0.1) is 18.8 Å². The van der Waals surface area contributed by atoms with E-state index in [-0.39, 0.29) is 0 Å². The van der Waals surface area contributed by atoms with Gasteiger partial charge in [-0.1, -0.05) is 153 Å². The van der Waals surface area contributed by atoms with Crippen LogP contribution in [0, 0.1) is 0 Å². The highest BCUT2D eigenvalue weighted by molar-refractivity contribution is 5.80. The summed E-state index contributed by atoms with van der Waals surface area (Å²) in [6, 6.07) is -0.999. The minimum absolute atomic E-state index is 0.361. The number of nitrogens with one attached hydrogen (secondary N) is 1. The van der Waals surface area contributed by atoms with Crippen molar-refractivity contribution in [1.82, 2.24) is 5.32 Å². The molecule has 0 aliphatic carbocycles. The fraction of sp³-hybridized carbons (Fsp3) is 0.825. The molecule has 4 unspecified atom stereocenters. The molecule has 0 fully saturated rings. The molecule has 0 aliphatic rings. The second kappa shape index (κ2) is 34.9. The van der Waals surface area contributed by atoms with Gasteiger partial charge in [-0.05, 0) is 64.2 Å². The number of allylic oxidation sites excluding steroid dienone is 6. The number of hydrogen-bond donors (Lipinski definition) is 5. The molecule has 0 rings (SSSR count). The molecule has 0 bridgehead atoms. The average molecular weight is 650 g/mol. The summed E-state index contributed by atoms with van der Waals surface area (Å²) in [4.78, 5) is 12.4. The normalized spacial score (nSPS) is 14.8. The second-order valence-electron chi connectivity index (χ2n) is 13.2. The van der Waals surface area contributed by atoms with Crippen LogP contribution in [0.5, 0.6) is 0 Å². The number of carbonyl (C=O) groups is 1. The van der Waals surface area contributed by atoms with E-state index in [1.165, 1.54) is 103 Å². The maximum Gasteiger partial charge on any atom is 0.249 e. The number of amides is 1. The van der Waals surface area contributed by atoms with Crippen molar-refractivity contribution < 1.29 is 25.2 Å². The lowest BCUT2D eigenvalue weighted by Crippen LogP contribution is -2.53. The Bertz CT molecular complexity index is 737. The molecule has 0 heterocycles. The molecule has 46 heavy (non-hydrogen) atoms. The van der Waals surface area contributed by atoms with Gasteiger partial charge in [-0.3, -0.25) is 4.79 Å². The molecule has 4 atom stereocenters. The van der Waals surface area contributed by atoms with E-state index < -0.39 is 36.9 Å². The zero-order chi connectivity index (χ0) is 33.9. The van der Waals surface area contributed by atoms with E-state index in [1.807, 2.05) is 0 Å². The lowest BCUT2D eigenvalue weighted by molar-refractivity contribution is -0.132. The van der Waals surface area contributed by atoms with Crippen molar-refractivity contribution in [3.63, 3.8) is 0 Å². The van der Waals surface area contributed by atoms with Crippen LogP contribution in [-0.2, 0) is 4.79 Å². The standard InChI is InChI=1S/C40H75NO5/c1-3-5-7-9-11-13-15-16-17-18-19-20-21-22-23-24-26-28-30-32-34-38(44)40(46)41-36(35-42)39(45)37(43)33-31-29-27-25-14-12-10-8-6-4-2/h5,7,11,13,25,27,36-39,42-45H,3-4,6,8-10,12,14-24,26,28-35H2,1-2H3,(H,41,46)/b7-5-,13-11-,27-25+. The quantitative estimate of drug-likeness (QED) is 0.0352. The molecule has 270 valence electrons. The SMILES string of the molecule is CC/C=C\C/C=C\CCCCCCCCCCCCCCCC(O)C(=O)NC(CO)C(O)C(O)CCC/C=C/CCCCCCC. The second-order valence-corrected chi connectivity index (χ2v) is 13.2. The van der Waals surface area contributed by atoms with Crippen LogP contribution in [0.2, 0.25) is 0 Å². The molecule has 0 aromatic rings. The zero-order valence-corrected chi connectivity index (χ0v) is 30.1. The van der Waals surface area contributed by atoms with E-state index >= 15 is 0 Å². The maximum atomic E-state index is 12.4. The van der Waals surface area contributed by atoms with Gasteiger partial charge in [0.2, 0.25) is 5.91 Å². The highest BCUT2D eigenvalue weighted by Crippen LogP contribution is 2.15. The van der Waals surface area contributed by atoms with Crippen LogP contribution in [0.15, 0.2) is 36.5 Å². The maximum absolute atomic E-state index is 12.4. The van der Waals surface area contributed by atoms with E-state index in [1.54, 1.807) is 0 Å². The Morgan fingerprint density at radius 1 is 0.565 bits per heavy atom. The number of aliphatic hydroxyl groups excluding tert-OH is 4. The van der Waals surface area contributed by atoms with Crippen molar-refractivity contribution in [2.45, 2.75) is 205 Å². The molecular formula is C40H75NO5. The van der Waals surface area contributed by atoms with E-state index in [0.29, 0.717) is 12.8 Å². The Balaban J connectivity index is 3.76. The minimum Gasteiger partial charge on any atom is -0.394 e. The number of carbonyl (C=O) groups excluding carboxylic acids is 1. The van der Waals surface area contributed by atoms with Crippen LogP contribution in [-0.4, -0.2) is 57.3 Å². The van der Waals surface area contributed by atoms with Crippen LogP contribution < -0.4 is 5.32 Å². The molecule has 0 saturated carbocycles. The third kappa shape index (κ3) is 28.7. The predicted molar refractivity (Wildman–Crippen MR) is 196 cm³/mol. The average Bonchev–Trinajstić information content (AvgIpc) is 3.06. The molecule has 6 nitrogen and oxygen atoms in total. The first kappa shape index (κ1) is 44.5. The van der Waals surface area contributed by atoms with Crippen molar-refractivity contribution in [2.75, 3.05) is 6.61 Å². The predicted octanol–water partition coefficient (Wildman–Crippen LogP) is 9.40.